The van der Waals surface area contributed by atoms with Crippen LogP contribution in [0.4, 0.5) is 5.69 Å². The van der Waals surface area contributed by atoms with E-state index in [0.29, 0.717) is 0 Å². The van der Waals surface area contributed by atoms with E-state index in [1.165, 1.54) is 6.21 Å². The number of nitrogens with one attached hydrogen (secondary N) is 1. The second kappa shape index (κ2) is 3.25. The van der Waals surface area contributed by atoms with Gasteiger partial charge in [0.05, 0.1) is 12.3 Å². The van der Waals surface area contributed by atoms with Crippen LogP contribution in [0.5, 0.6) is 0 Å². The molecule has 1 aliphatic rings. The van der Waals surface area contributed by atoms with Gasteiger partial charge in [-0.1, -0.05) is 18.2 Å². The zero-order valence-corrected chi connectivity index (χ0v) is 8.24. The Morgan fingerprint density at radius 2 is 2.21 bits per heavy atom. The minimum Gasteiger partial charge on any atom is -0.321 e. The van der Waals surface area contributed by atoms with E-state index in [1.807, 2.05) is 32.0 Å². The Balaban J connectivity index is 2.58. The molecule has 0 aromatic heterocycles. The van der Waals surface area contributed by atoms with E-state index in [2.05, 4.69) is 10.3 Å². The Labute approximate surface area is 82.9 Å². The third-order valence-electron chi connectivity index (χ3n) is 2.42. The number of hydrogen-bond acceptors (Lipinski definition) is 2. The minimum absolute atomic E-state index is 0.0452. The number of aliphatic imine (C=N–C) groups is 1. The number of aryl methyl sites for hydroxylation is 1. The van der Waals surface area contributed by atoms with Gasteiger partial charge < -0.3 is 5.32 Å². The van der Waals surface area contributed by atoms with Crippen molar-refractivity contribution in [1.29, 1.82) is 0 Å². The second-order valence-corrected chi connectivity index (χ2v) is 3.48. The van der Waals surface area contributed by atoms with Gasteiger partial charge in [0, 0.05) is 11.3 Å². The number of nitrogens with zero attached hydrogens (tertiary/aromatic N) is 1. The Bertz CT molecular complexity index is 410. The first kappa shape index (κ1) is 8.94. The van der Waals surface area contributed by atoms with Gasteiger partial charge in [0.2, 0.25) is 0 Å². The van der Waals surface area contributed by atoms with E-state index in [0.717, 1.165) is 16.8 Å². The highest BCUT2D eigenvalue weighted by Crippen LogP contribution is 2.29. The maximum atomic E-state index is 11.3. The van der Waals surface area contributed by atoms with Crippen LogP contribution in [0.15, 0.2) is 23.2 Å². The normalized spacial score (nSPS) is 19.9. The summed E-state index contributed by atoms with van der Waals surface area (Å²) in [4.78, 5) is 15.4. The fourth-order valence-corrected chi connectivity index (χ4v) is 1.62. The number of anilines is 1. The lowest BCUT2D eigenvalue weighted by Gasteiger charge is -2.12. The van der Waals surface area contributed by atoms with Crippen molar-refractivity contribution >= 4 is 17.8 Å². The SMILES string of the molecule is Cc1cccc2c1NC(=O)C=NC2C. The van der Waals surface area contributed by atoms with Crippen LogP contribution < -0.4 is 5.32 Å². The number of rotatable bonds is 0. The number of hydrogen-bond donors (Lipinski definition) is 1. The first-order valence-corrected chi connectivity index (χ1v) is 4.62. The molecule has 0 saturated heterocycles. The van der Waals surface area contributed by atoms with Crippen LogP contribution in [0.3, 0.4) is 0 Å². The van der Waals surface area contributed by atoms with Gasteiger partial charge in [-0.2, -0.15) is 0 Å². The van der Waals surface area contributed by atoms with E-state index in [9.17, 15) is 4.79 Å². The maximum Gasteiger partial charge on any atom is 0.266 e. The van der Waals surface area contributed by atoms with E-state index in [4.69, 9.17) is 0 Å². The topological polar surface area (TPSA) is 41.5 Å². The van der Waals surface area contributed by atoms with Gasteiger partial charge in [-0.05, 0) is 19.4 Å². The third-order valence-corrected chi connectivity index (χ3v) is 2.42. The first-order chi connectivity index (χ1) is 6.68. The average Bonchev–Trinajstić information content (AvgIpc) is 2.30. The van der Waals surface area contributed by atoms with Crippen molar-refractivity contribution in [2.45, 2.75) is 19.9 Å². The van der Waals surface area contributed by atoms with Gasteiger partial charge in [0.15, 0.2) is 0 Å². The van der Waals surface area contributed by atoms with Crippen LogP contribution in [-0.2, 0) is 4.79 Å². The molecule has 0 spiro atoms. The molecule has 0 saturated carbocycles. The fraction of sp³-hybridized carbons (Fsp3) is 0.273. The van der Waals surface area contributed by atoms with Gasteiger partial charge in [-0.3, -0.25) is 9.79 Å². The molecule has 3 nitrogen and oxygen atoms in total. The van der Waals surface area contributed by atoms with E-state index in [-0.39, 0.29) is 11.9 Å². The molecule has 2 rings (SSSR count). The zero-order chi connectivity index (χ0) is 10.1. The molecule has 0 radical (unpaired) electrons. The Kier molecular flexibility index (Phi) is 2.08. The molecule has 0 fully saturated rings. The summed E-state index contributed by atoms with van der Waals surface area (Å²) in [7, 11) is 0. The van der Waals surface area contributed by atoms with Crippen LogP contribution >= 0.6 is 0 Å². The summed E-state index contributed by atoms with van der Waals surface area (Å²) in [5.41, 5.74) is 3.06. The molecule has 1 N–H and O–H groups in total. The van der Waals surface area contributed by atoms with E-state index < -0.39 is 0 Å². The lowest BCUT2D eigenvalue weighted by Crippen LogP contribution is -2.12. The van der Waals surface area contributed by atoms with Crippen LogP contribution in [0.25, 0.3) is 0 Å². The number of benzene rings is 1. The molecule has 1 aromatic carbocycles. The Morgan fingerprint density at radius 3 is 3.00 bits per heavy atom. The second-order valence-electron chi connectivity index (χ2n) is 3.48. The molecular weight excluding hydrogens is 176 g/mol. The van der Waals surface area contributed by atoms with Crippen molar-refractivity contribution in [2.75, 3.05) is 5.32 Å². The first-order valence-electron chi connectivity index (χ1n) is 4.62. The summed E-state index contributed by atoms with van der Waals surface area (Å²) in [5.74, 6) is -0.148. The van der Waals surface area contributed by atoms with E-state index in [1.54, 1.807) is 0 Å². The highest BCUT2D eigenvalue weighted by molar-refractivity contribution is 6.32. The molecule has 1 aliphatic heterocycles. The van der Waals surface area contributed by atoms with Crippen molar-refractivity contribution in [2.24, 2.45) is 4.99 Å². The summed E-state index contributed by atoms with van der Waals surface area (Å²) in [6, 6.07) is 6.01. The van der Waals surface area contributed by atoms with Gasteiger partial charge in [0.25, 0.3) is 5.91 Å². The monoisotopic (exact) mass is 188 g/mol. The summed E-state index contributed by atoms with van der Waals surface area (Å²) >= 11 is 0. The fourth-order valence-electron chi connectivity index (χ4n) is 1.62. The molecule has 1 aromatic rings. The zero-order valence-electron chi connectivity index (χ0n) is 8.24. The maximum absolute atomic E-state index is 11.3. The van der Waals surface area contributed by atoms with Crippen LogP contribution in [-0.4, -0.2) is 12.1 Å². The number of para-hydroxylation sites is 1. The van der Waals surface area contributed by atoms with Crippen LogP contribution in [0.1, 0.15) is 24.1 Å². The number of fused-ring (bicyclic) bond motifs is 1. The van der Waals surface area contributed by atoms with Gasteiger partial charge in [-0.15, -0.1) is 0 Å². The highest BCUT2D eigenvalue weighted by atomic mass is 16.1. The summed E-state index contributed by atoms with van der Waals surface area (Å²) in [6.45, 7) is 3.96. The molecule has 1 unspecified atom stereocenters. The molecule has 1 amide bonds. The van der Waals surface area contributed by atoms with Crippen molar-refractivity contribution < 1.29 is 4.79 Å². The van der Waals surface area contributed by atoms with Crippen LogP contribution in [0.2, 0.25) is 0 Å². The predicted molar refractivity (Wildman–Crippen MR) is 56.7 cm³/mol. The van der Waals surface area contributed by atoms with Gasteiger partial charge >= 0.3 is 0 Å². The van der Waals surface area contributed by atoms with Crippen molar-refractivity contribution in [3.05, 3.63) is 29.3 Å². The minimum atomic E-state index is -0.148. The number of amides is 1. The molecule has 3 heteroatoms. The van der Waals surface area contributed by atoms with Gasteiger partial charge in [-0.25, -0.2) is 0 Å². The van der Waals surface area contributed by atoms with Gasteiger partial charge in [0.1, 0.15) is 0 Å². The number of carbonyl (C=O) groups excluding carboxylic acids is 1. The lowest BCUT2D eigenvalue weighted by molar-refractivity contribution is -0.109. The number of carbonyl (C=O) groups is 1. The highest BCUT2D eigenvalue weighted by Gasteiger charge is 2.15. The predicted octanol–water partition coefficient (Wildman–Crippen LogP) is 2.08. The quantitative estimate of drug-likeness (QED) is 0.665. The average molecular weight is 188 g/mol. The summed E-state index contributed by atoms with van der Waals surface area (Å²) in [5, 5.41) is 2.83. The molecule has 1 heterocycles. The summed E-state index contributed by atoms with van der Waals surface area (Å²) in [6.07, 6.45) is 1.35. The van der Waals surface area contributed by atoms with E-state index >= 15 is 0 Å². The molecule has 0 aliphatic carbocycles. The van der Waals surface area contributed by atoms with Crippen LogP contribution in [0, 0.1) is 6.92 Å². The Morgan fingerprint density at radius 1 is 1.43 bits per heavy atom. The molecule has 72 valence electrons. The largest absolute Gasteiger partial charge is 0.321 e. The van der Waals surface area contributed by atoms with Crippen molar-refractivity contribution in [3.63, 3.8) is 0 Å². The van der Waals surface area contributed by atoms with Crippen molar-refractivity contribution in [1.82, 2.24) is 0 Å². The standard InChI is InChI=1S/C11H12N2O/c1-7-4-3-5-9-8(2)12-6-10(14)13-11(7)9/h3-6,8H,1-2H3,(H,13,14). The van der Waals surface area contributed by atoms with Crippen molar-refractivity contribution in [3.8, 4) is 0 Å². The Hall–Kier alpha value is -1.64. The lowest BCUT2D eigenvalue weighted by atomic mass is 10.0. The molecular formula is C11H12N2O. The summed E-state index contributed by atoms with van der Waals surface area (Å²) < 4.78 is 0. The molecule has 1 atom stereocenters. The molecule has 0 bridgehead atoms. The third kappa shape index (κ3) is 1.41. The molecule has 14 heavy (non-hydrogen) atoms. The smallest absolute Gasteiger partial charge is 0.266 e.